The zero-order valence-electron chi connectivity index (χ0n) is 4.90. The van der Waals surface area contributed by atoms with Crippen LogP contribution in [0, 0.1) is 0 Å². The maximum atomic E-state index is 10.1. The van der Waals surface area contributed by atoms with Gasteiger partial charge in [0.05, 0.1) is 20.0 Å². The molecule has 0 aromatic rings. The van der Waals surface area contributed by atoms with Crippen molar-refractivity contribution >= 4 is 20.0 Å². The predicted molar refractivity (Wildman–Crippen MR) is 46.5 cm³/mol. The van der Waals surface area contributed by atoms with E-state index in [1.54, 1.807) is 0 Å². The van der Waals surface area contributed by atoms with Crippen LogP contribution < -0.4 is 0 Å². The van der Waals surface area contributed by atoms with Crippen molar-refractivity contribution in [3.8, 4) is 0 Å². The minimum atomic E-state index is -3.74. The summed E-state index contributed by atoms with van der Waals surface area (Å²) in [6.07, 6.45) is 1.43. The van der Waals surface area contributed by atoms with Crippen molar-refractivity contribution in [1.82, 2.24) is 0 Å². The summed E-state index contributed by atoms with van der Waals surface area (Å²) in [6, 6.07) is 0. The molecule has 0 aromatic heterocycles. The van der Waals surface area contributed by atoms with Crippen LogP contribution in [0.4, 0.5) is 0 Å². The van der Waals surface area contributed by atoms with E-state index in [0.29, 0.717) is 12.5 Å². The molecule has 0 unspecified atom stereocenters. The van der Waals surface area contributed by atoms with Crippen LogP contribution in [0.2, 0.25) is 0 Å². The van der Waals surface area contributed by atoms with Gasteiger partial charge in [-0.15, -0.1) is 0 Å². The second-order valence-electron chi connectivity index (χ2n) is 1.54. The Morgan fingerprint density at radius 3 is 1.00 bits per heavy atom. The third-order valence-electron chi connectivity index (χ3n) is 0.271. The second kappa shape index (κ2) is 4.68. The van der Waals surface area contributed by atoms with Gasteiger partial charge >= 0.3 is 0 Å². The Labute approximate surface area is 68.9 Å². The number of rotatable bonds is 2. The molecule has 0 N–H and O–H groups in total. The monoisotopic (exact) mass is 204 g/mol. The Morgan fingerprint density at radius 2 is 1.00 bits per heavy atom. The summed E-state index contributed by atoms with van der Waals surface area (Å²) in [4.78, 5) is 0. The molecule has 0 saturated heterocycles. The molecule has 5 nitrogen and oxygen atoms in total. The van der Waals surface area contributed by atoms with Gasteiger partial charge < -0.3 is 4.13 Å². The molecule has 0 saturated carbocycles. The molecule has 0 rings (SSSR count). The van der Waals surface area contributed by atoms with E-state index in [0.717, 1.165) is 0 Å². The van der Waals surface area contributed by atoms with Crippen LogP contribution >= 0.6 is 0 Å². The molecule has 11 heavy (non-hydrogen) atoms. The standard InChI is InChI=1S/C2H6NO4S2.2CH4/c1-8(4,5)3-9(2,6)7;;/h1-2H3;2*1H4/q-1;;. The molecular formula is C4H14NO4S2-. The molecular weight excluding hydrogens is 190 g/mol. The van der Waals surface area contributed by atoms with Crippen molar-refractivity contribution in [2.45, 2.75) is 14.9 Å². The molecule has 0 aromatic carbocycles. The van der Waals surface area contributed by atoms with Gasteiger partial charge in [-0.1, -0.05) is 14.9 Å². The summed E-state index contributed by atoms with van der Waals surface area (Å²) in [5, 5.41) is 0. The molecule has 0 radical (unpaired) electrons. The number of sulfonamides is 2. The van der Waals surface area contributed by atoms with Crippen molar-refractivity contribution in [3.05, 3.63) is 4.13 Å². The lowest BCUT2D eigenvalue weighted by molar-refractivity contribution is 0.601. The van der Waals surface area contributed by atoms with Crippen LogP contribution in [0.3, 0.4) is 0 Å². The second-order valence-corrected chi connectivity index (χ2v) is 5.07. The highest BCUT2D eigenvalue weighted by Gasteiger charge is 1.92. The lowest BCUT2D eigenvalue weighted by Crippen LogP contribution is -2.01. The number of hydrogen-bond acceptors (Lipinski definition) is 4. The Morgan fingerprint density at radius 1 is 0.818 bits per heavy atom. The molecule has 0 aliphatic heterocycles. The molecule has 0 fully saturated rings. The summed E-state index contributed by atoms with van der Waals surface area (Å²) in [5.74, 6) is 0. The fraction of sp³-hybridized carbons (Fsp3) is 1.00. The van der Waals surface area contributed by atoms with Crippen molar-refractivity contribution < 1.29 is 16.8 Å². The quantitative estimate of drug-likeness (QED) is 0.657. The van der Waals surface area contributed by atoms with Gasteiger partial charge in [-0.3, -0.25) is 0 Å². The predicted octanol–water partition coefficient (Wildman–Crippen LogP) is 0.552. The van der Waals surface area contributed by atoms with Crippen LogP contribution in [0.25, 0.3) is 4.13 Å². The van der Waals surface area contributed by atoms with Crippen molar-refractivity contribution in [2.75, 3.05) is 12.5 Å². The Balaban J connectivity index is -0.000000320. The third-order valence-corrected chi connectivity index (χ3v) is 2.44. The van der Waals surface area contributed by atoms with E-state index < -0.39 is 20.0 Å². The minimum absolute atomic E-state index is 0. The van der Waals surface area contributed by atoms with Gasteiger partial charge in [-0.25, -0.2) is 16.8 Å². The van der Waals surface area contributed by atoms with E-state index in [1.807, 2.05) is 0 Å². The Hall–Kier alpha value is -0.140. The summed E-state index contributed by atoms with van der Waals surface area (Å²) in [6.45, 7) is 0. The van der Waals surface area contributed by atoms with Gasteiger partial charge in [0.25, 0.3) is 0 Å². The lowest BCUT2D eigenvalue weighted by Gasteiger charge is -2.11. The fourth-order valence-electron chi connectivity index (χ4n) is 0.246. The first-order valence-corrected chi connectivity index (χ1v) is 5.54. The molecule has 0 aliphatic carbocycles. The summed E-state index contributed by atoms with van der Waals surface area (Å²) < 4.78 is 42.9. The molecule has 72 valence electrons. The maximum absolute atomic E-state index is 10.1. The van der Waals surface area contributed by atoms with Gasteiger partial charge in [0.1, 0.15) is 0 Å². The van der Waals surface area contributed by atoms with Crippen LogP contribution in [-0.4, -0.2) is 29.3 Å². The highest BCUT2D eigenvalue weighted by molar-refractivity contribution is 8.11. The Kier molecular flexibility index (Phi) is 7.27. The van der Waals surface area contributed by atoms with Gasteiger partial charge in [-0.2, -0.15) is 0 Å². The first-order valence-electron chi connectivity index (χ1n) is 1.85. The fourth-order valence-corrected chi connectivity index (χ4v) is 2.21. The highest BCUT2D eigenvalue weighted by Crippen LogP contribution is 2.03. The molecule has 0 spiro atoms. The largest absolute Gasteiger partial charge is 0.437 e. The topological polar surface area (TPSA) is 82.4 Å². The molecule has 0 heterocycles. The zero-order valence-corrected chi connectivity index (χ0v) is 6.53. The zero-order chi connectivity index (χ0) is 7.71. The van der Waals surface area contributed by atoms with Gasteiger partial charge in [-0.05, 0) is 0 Å². The number of hydrogen-bond donors (Lipinski definition) is 0. The first-order chi connectivity index (χ1) is 3.71. The van der Waals surface area contributed by atoms with E-state index in [4.69, 9.17) is 0 Å². The van der Waals surface area contributed by atoms with Gasteiger partial charge in [0.2, 0.25) is 0 Å². The summed E-state index contributed by atoms with van der Waals surface area (Å²) in [7, 11) is -7.49. The summed E-state index contributed by atoms with van der Waals surface area (Å²) >= 11 is 0. The molecule has 7 heteroatoms. The Bertz CT molecular complexity index is 245. The van der Waals surface area contributed by atoms with Crippen LogP contribution in [0.5, 0.6) is 0 Å². The molecule has 0 aliphatic rings. The van der Waals surface area contributed by atoms with Crippen LogP contribution in [0.1, 0.15) is 14.9 Å². The van der Waals surface area contributed by atoms with E-state index >= 15 is 0 Å². The molecule has 0 atom stereocenters. The lowest BCUT2D eigenvalue weighted by atomic mass is 12.0. The van der Waals surface area contributed by atoms with Crippen LogP contribution in [-0.2, 0) is 20.0 Å². The summed E-state index contributed by atoms with van der Waals surface area (Å²) in [5.41, 5.74) is 0. The SMILES string of the molecule is C.C.CS(=O)(=O)[N-]S(C)(=O)=O. The van der Waals surface area contributed by atoms with E-state index in [1.165, 1.54) is 0 Å². The smallest absolute Gasteiger partial charge is 0.0801 e. The van der Waals surface area contributed by atoms with Crippen LogP contribution in [0.15, 0.2) is 0 Å². The molecule has 0 amide bonds. The number of nitrogens with zero attached hydrogens (tertiary/aromatic N) is 1. The maximum Gasteiger partial charge on any atom is 0.0801 e. The average Bonchev–Trinajstić information content (AvgIpc) is 1.14. The highest BCUT2D eigenvalue weighted by atomic mass is 32.3. The first kappa shape index (κ1) is 17.1. The minimum Gasteiger partial charge on any atom is -0.437 e. The van der Waals surface area contributed by atoms with E-state index in [-0.39, 0.29) is 14.9 Å². The van der Waals surface area contributed by atoms with Crippen molar-refractivity contribution in [2.24, 2.45) is 0 Å². The average molecular weight is 204 g/mol. The third kappa shape index (κ3) is 17.7. The molecule has 0 bridgehead atoms. The van der Waals surface area contributed by atoms with Gasteiger partial charge in [0.15, 0.2) is 0 Å². The normalized spacial score (nSPS) is 11.1. The van der Waals surface area contributed by atoms with Crippen molar-refractivity contribution in [3.63, 3.8) is 0 Å². The van der Waals surface area contributed by atoms with E-state index in [9.17, 15) is 16.8 Å². The van der Waals surface area contributed by atoms with Crippen molar-refractivity contribution in [1.29, 1.82) is 0 Å². The van der Waals surface area contributed by atoms with Gasteiger partial charge in [0, 0.05) is 12.5 Å². The van der Waals surface area contributed by atoms with E-state index in [2.05, 4.69) is 4.13 Å².